The fourth-order valence-electron chi connectivity index (χ4n) is 5.88. The summed E-state index contributed by atoms with van der Waals surface area (Å²) < 4.78 is 41.8. The van der Waals surface area contributed by atoms with Crippen molar-refractivity contribution >= 4 is 46.1 Å². The summed E-state index contributed by atoms with van der Waals surface area (Å²) in [6.07, 6.45) is 1.12. The van der Waals surface area contributed by atoms with Gasteiger partial charge in [0.15, 0.2) is 5.11 Å². The van der Waals surface area contributed by atoms with Gasteiger partial charge in [0.1, 0.15) is 5.54 Å². The third-order valence-corrected chi connectivity index (χ3v) is 9.18. The average Bonchev–Trinajstić information content (AvgIpc) is 3.88. The number of thiocarbonyl (C=S) groups is 1. The first-order valence-corrected chi connectivity index (χ1v) is 16.1. The lowest BCUT2D eigenvalue weighted by atomic mass is 9.80. The minimum absolute atomic E-state index is 0.0449. The number of rotatable bonds is 9. The molecule has 0 radical (unpaired) electrons. The summed E-state index contributed by atoms with van der Waals surface area (Å²) in [5.74, 6) is -0.478. The van der Waals surface area contributed by atoms with Crippen LogP contribution in [0.25, 0.3) is 5.57 Å². The van der Waals surface area contributed by atoms with E-state index in [2.05, 4.69) is 38.0 Å². The van der Waals surface area contributed by atoms with Crippen molar-refractivity contribution in [2.45, 2.75) is 51.4 Å². The highest BCUT2D eigenvalue weighted by Crippen LogP contribution is 2.37. The molecular weight excluding hydrogens is 613 g/mol. The third-order valence-electron chi connectivity index (χ3n) is 8.97. The predicted molar refractivity (Wildman–Crippen MR) is 179 cm³/mol. The zero-order valence-electron chi connectivity index (χ0n) is 26.4. The van der Waals surface area contributed by atoms with E-state index in [0.717, 1.165) is 68.3 Å². The van der Waals surface area contributed by atoms with E-state index in [4.69, 9.17) is 12.2 Å². The number of anilines is 2. The Bertz CT molecular complexity index is 1530. The summed E-state index contributed by atoms with van der Waals surface area (Å²) >= 11 is 5.27. The molecule has 1 aliphatic heterocycles. The Hall–Kier alpha value is -3.58. The van der Waals surface area contributed by atoms with Crippen molar-refractivity contribution in [3.8, 4) is 0 Å². The van der Waals surface area contributed by atoms with Gasteiger partial charge in [0.25, 0.3) is 0 Å². The largest absolute Gasteiger partial charge is 0.416 e. The van der Waals surface area contributed by atoms with Crippen LogP contribution in [0.15, 0.2) is 60.2 Å². The number of nitrogens with zero attached hydrogens (tertiary/aromatic N) is 2. The summed E-state index contributed by atoms with van der Waals surface area (Å²) in [4.78, 5) is 30.3. The fourth-order valence-corrected chi connectivity index (χ4v) is 6.09. The summed E-state index contributed by atoms with van der Waals surface area (Å²) in [6, 6.07) is 11.3. The maximum absolute atomic E-state index is 13.9. The quantitative estimate of drug-likeness (QED) is 0.270. The average molecular weight is 655 g/mol. The highest BCUT2D eigenvalue weighted by Gasteiger charge is 2.39. The lowest BCUT2D eigenvalue weighted by molar-refractivity contribution is -0.137. The molecule has 0 aromatic heterocycles. The molecule has 246 valence electrons. The minimum atomic E-state index is -4.55. The summed E-state index contributed by atoms with van der Waals surface area (Å²) in [5, 5.41) is 11.9. The van der Waals surface area contributed by atoms with Gasteiger partial charge in [0.05, 0.1) is 5.56 Å². The fraction of sp³-hybridized carbons (Fsp3) is 0.441. The van der Waals surface area contributed by atoms with E-state index in [0.29, 0.717) is 17.8 Å². The van der Waals surface area contributed by atoms with Crippen molar-refractivity contribution in [2.24, 2.45) is 5.92 Å². The lowest BCUT2D eigenvalue weighted by Gasteiger charge is -2.34. The van der Waals surface area contributed by atoms with Gasteiger partial charge in [0, 0.05) is 56.4 Å². The van der Waals surface area contributed by atoms with E-state index in [1.807, 2.05) is 37.3 Å². The van der Waals surface area contributed by atoms with Gasteiger partial charge < -0.3 is 26.2 Å². The molecule has 4 N–H and O–H groups in total. The number of nitrogens with one attached hydrogen (secondary N) is 4. The number of piperazine rings is 1. The lowest BCUT2D eigenvalue weighted by Crippen LogP contribution is -2.52. The molecule has 2 aromatic carbocycles. The van der Waals surface area contributed by atoms with Crippen molar-refractivity contribution in [3.63, 3.8) is 0 Å². The van der Waals surface area contributed by atoms with Crippen LogP contribution in [0.3, 0.4) is 0 Å². The third kappa shape index (κ3) is 8.22. The normalized spacial score (nSPS) is 20.8. The van der Waals surface area contributed by atoms with Crippen molar-refractivity contribution in [2.75, 3.05) is 50.4 Å². The number of carbonyl (C=O) groups excluding carboxylic acids is 2. The number of amides is 2. The first-order chi connectivity index (χ1) is 21.9. The van der Waals surface area contributed by atoms with Gasteiger partial charge in [-0.25, -0.2) is 0 Å². The molecular formula is C34H41F3N6O2S. The van der Waals surface area contributed by atoms with Crippen molar-refractivity contribution in [3.05, 3.63) is 76.9 Å². The maximum atomic E-state index is 13.9. The first-order valence-electron chi connectivity index (χ1n) is 15.7. The molecule has 8 nitrogen and oxygen atoms in total. The second-order valence-electron chi connectivity index (χ2n) is 12.3. The highest BCUT2D eigenvalue weighted by atomic mass is 32.1. The Kier molecular flexibility index (Phi) is 10.3. The molecule has 2 amide bonds. The van der Waals surface area contributed by atoms with Gasteiger partial charge >= 0.3 is 6.18 Å². The van der Waals surface area contributed by atoms with E-state index in [-0.39, 0.29) is 29.0 Å². The molecule has 3 aliphatic rings. The number of benzene rings is 2. The van der Waals surface area contributed by atoms with Crippen molar-refractivity contribution < 1.29 is 22.8 Å². The molecule has 1 atom stereocenters. The Morgan fingerprint density at radius 1 is 0.978 bits per heavy atom. The number of allylic oxidation sites excluding steroid dienone is 2. The van der Waals surface area contributed by atoms with Gasteiger partial charge in [-0.3, -0.25) is 14.5 Å². The number of halogens is 3. The number of hydrogen-bond donors (Lipinski definition) is 4. The molecule has 46 heavy (non-hydrogen) atoms. The summed E-state index contributed by atoms with van der Waals surface area (Å²) in [7, 11) is 1.67. The van der Waals surface area contributed by atoms with Crippen LogP contribution in [0, 0.1) is 5.92 Å². The van der Waals surface area contributed by atoms with Crippen LogP contribution >= 0.6 is 12.2 Å². The maximum Gasteiger partial charge on any atom is 0.416 e. The van der Waals surface area contributed by atoms with Crippen LogP contribution in [0.1, 0.15) is 49.8 Å². The topological polar surface area (TPSA) is 88.7 Å². The molecule has 1 heterocycles. The minimum Gasteiger partial charge on any atom is -0.332 e. The Morgan fingerprint density at radius 2 is 1.65 bits per heavy atom. The van der Waals surface area contributed by atoms with Gasteiger partial charge in [-0.1, -0.05) is 31.2 Å². The zero-order chi connectivity index (χ0) is 33.1. The van der Waals surface area contributed by atoms with E-state index >= 15 is 0 Å². The molecule has 2 aliphatic carbocycles. The van der Waals surface area contributed by atoms with E-state index in [1.165, 1.54) is 6.07 Å². The molecule has 5 rings (SSSR count). The van der Waals surface area contributed by atoms with Gasteiger partial charge in [-0.2, -0.15) is 13.2 Å². The monoisotopic (exact) mass is 654 g/mol. The van der Waals surface area contributed by atoms with Crippen LogP contribution in [-0.4, -0.2) is 72.0 Å². The van der Waals surface area contributed by atoms with Crippen molar-refractivity contribution in [1.82, 2.24) is 20.4 Å². The molecule has 2 fully saturated rings. The molecule has 2 aromatic rings. The molecule has 1 unspecified atom stereocenters. The Labute approximate surface area is 273 Å². The second kappa shape index (κ2) is 14.0. The summed E-state index contributed by atoms with van der Waals surface area (Å²) in [6.45, 7) is 8.66. The summed E-state index contributed by atoms with van der Waals surface area (Å²) in [5.41, 5.74) is 2.11. The predicted octanol–water partition coefficient (Wildman–Crippen LogP) is 5.40. The second-order valence-corrected chi connectivity index (χ2v) is 12.7. The van der Waals surface area contributed by atoms with Crippen LogP contribution in [-0.2, 0) is 22.3 Å². The Balaban J connectivity index is 1.29. The van der Waals surface area contributed by atoms with E-state index < -0.39 is 23.2 Å². The standard InChI is InChI=1S/C34H41F3N6O2S/c1-4-42-13-15-43(16-14-42)21-23-17-26(34(35,36)37)19-28(18-23)39-31(45)33(38-3)12-11-22(2)29(20-33)24-7-9-27(10-8-24)40-32(46)41-30(44)25-5-6-25/h7-12,17-19,25,38H,4-6,13-16,20-21H2,1-3H3,(H,39,45)(H2,40,41,44,46). The number of likely N-dealkylation sites (N-methyl/N-ethyl adjacent to an activating group) is 2. The molecule has 0 bridgehead atoms. The van der Waals surface area contributed by atoms with Crippen molar-refractivity contribution in [1.29, 1.82) is 0 Å². The number of carbonyl (C=O) groups is 2. The van der Waals surface area contributed by atoms with Crippen LogP contribution in [0.2, 0.25) is 0 Å². The van der Waals surface area contributed by atoms with Crippen LogP contribution < -0.4 is 21.3 Å². The van der Waals surface area contributed by atoms with Crippen LogP contribution in [0.4, 0.5) is 24.5 Å². The van der Waals surface area contributed by atoms with Gasteiger partial charge in [0.2, 0.25) is 11.8 Å². The molecule has 1 saturated heterocycles. The first kappa shape index (κ1) is 33.8. The molecule has 12 heteroatoms. The SMILES string of the molecule is CCN1CCN(Cc2cc(NC(=O)C3(NC)C=CC(C)=C(c4ccc(NC(=S)NC(=O)C5CC5)cc4)C3)cc(C(F)(F)F)c2)CC1. The molecule has 0 spiro atoms. The smallest absolute Gasteiger partial charge is 0.332 e. The van der Waals surface area contributed by atoms with Crippen LogP contribution in [0.5, 0.6) is 0 Å². The number of alkyl halides is 3. The number of hydrogen-bond acceptors (Lipinski definition) is 6. The van der Waals surface area contributed by atoms with E-state index in [9.17, 15) is 22.8 Å². The zero-order valence-corrected chi connectivity index (χ0v) is 27.2. The van der Waals surface area contributed by atoms with E-state index in [1.54, 1.807) is 19.2 Å². The molecule has 1 saturated carbocycles. The highest BCUT2D eigenvalue weighted by molar-refractivity contribution is 7.80. The van der Waals surface area contributed by atoms with Gasteiger partial charge in [-0.05, 0) is 98.2 Å². The van der Waals surface area contributed by atoms with Gasteiger partial charge in [-0.15, -0.1) is 0 Å². The Morgan fingerprint density at radius 3 is 2.26 bits per heavy atom.